The Morgan fingerprint density at radius 3 is 2.67 bits per heavy atom. The van der Waals surface area contributed by atoms with Crippen LogP contribution in [0.1, 0.15) is 10.8 Å². The minimum absolute atomic E-state index is 0.165. The lowest BCUT2D eigenvalue weighted by Gasteiger charge is -2.17. The highest BCUT2D eigenvalue weighted by Gasteiger charge is 2.26. The standard InChI is InChI=1S/C22H20N4O3S/c1-26-20(18-12-7-13-29-18)24-25-22(26)30-19(15-8-4-3-5-9-15)21(27)23-16-10-6-11-17(14-16)28-2/h3-14,19H,1-2H3,(H,23,27)/t19-/m0/s1. The molecule has 0 saturated heterocycles. The summed E-state index contributed by atoms with van der Waals surface area (Å²) in [5, 5.41) is 11.5. The highest BCUT2D eigenvalue weighted by molar-refractivity contribution is 8.00. The third-order valence-corrected chi connectivity index (χ3v) is 5.77. The van der Waals surface area contributed by atoms with Crippen molar-refractivity contribution in [2.75, 3.05) is 12.4 Å². The van der Waals surface area contributed by atoms with Crippen LogP contribution in [-0.4, -0.2) is 27.8 Å². The van der Waals surface area contributed by atoms with Gasteiger partial charge in [0, 0.05) is 18.8 Å². The lowest BCUT2D eigenvalue weighted by Crippen LogP contribution is -2.19. The average Bonchev–Trinajstić information content (AvgIpc) is 3.42. The van der Waals surface area contributed by atoms with Gasteiger partial charge in [0.15, 0.2) is 16.7 Å². The van der Waals surface area contributed by atoms with Crippen molar-refractivity contribution in [2.45, 2.75) is 10.4 Å². The quantitative estimate of drug-likeness (QED) is 0.442. The van der Waals surface area contributed by atoms with E-state index in [1.807, 2.05) is 66.2 Å². The molecule has 4 aromatic rings. The number of amides is 1. The summed E-state index contributed by atoms with van der Waals surface area (Å²) in [6, 6.07) is 20.5. The van der Waals surface area contributed by atoms with Crippen molar-refractivity contribution in [3.05, 3.63) is 78.6 Å². The molecule has 0 saturated carbocycles. The van der Waals surface area contributed by atoms with Gasteiger partial charge < -0.3 is 19.0 Å². The van der Waals surface area contributed by atoms with Crippen molar-refractivity contribution in [1.29, 1.82) is 0 Å². The number of hydrogen-bond donors (Lipinski definition) is 1. The largest absolute Gasteiger partial charge is 0.497 e. The molecule has 0 aliphatic rings. The van der Waals surface area contributed by atoms with E-state index in [2.05, 4.69) is 15.5 Å². The van der Waals surface area contributed by atoms with Gasteiger partial charge in [0.1, 0.15) is 11.0 Å². The molecule has 0 radical (unpaired) electrons. The number of nitrogens with zero attached hydrogens (tertiary/aromatic N) is 3. The topological polar surface area (TPSA) is 82.2 Å². The SMILES string of the molecule is COc1cccc(NC(=O)[C@@H](Sc2nnc(-c3ccco3)n2C)c2ccccc2)c1. The van der Waals surface area contributed by atoms with Crippen LogP contribution in [-0.2, 0) is 11.8 Å². The molecule has 0 spiro atoms. The second kappa shape index (κ2) is 8.87. The van der Waals surface area contributed by atoms with Gasteiger partial charge in [-0.1, -0.05) is 48.2 Å². The van der Waals surface area contributed by atoms with Gasteiger partial charge in [-0.2, -0.15) is 0 Å². The second-order valence-electron chi connectivity index (χ2n) is 6.47. The fourth-order valence-corrected chi connectivity index (χ4v) is 3.96. The first-order chi connectivity index (χ1) is 14.7. The molecular weight excluding hydrogens is 400 g/mol. The zero-order valence-corrected chi connectivity index (χ0v) is 17.3. The van der Waals surface area contributed by atoms with Crippen LogP contribution in [0.3, 0.4) is 0 Å². The number of nitrogens with one attached hydrogen (secondary N) is 1. The van der Waals surface area contributed by atoms with Gasteiger partial charge in [0.2, 0.25) is 5.91 Å². The van der Waals surface area contributed by atoms with Crippen LogP contribution >= 0.6 is 11.8 Å². The Morgan fingerprint density at radius 2 is 1.93 bits per heavy atom. The van der Waals surface area contributed by atoms with E-state index < -0.39 is 5.25 Å². The Hall–Kier alpha value is -3.52. The summed E-state index contributed by atoms with van der Waals surface area (Å²) in [6.45, 7) is 0. The number of ether oxygens (including phenoxy) is 1. The van der Waals surface area contributed by atoms with Crippen LogP contribution < -0.4 is 10.1 Å². The number of hydrogen-bond acceptors (Lipinski definition) is 6. The van der Waals surface area contributed by atoms with E-state index in [0.29, 0.717) is 28.2 Å². The molecule has 2 heterocycles. The Balaban J connectivity index is 1.62. The number of rotatable bonds is 7. The fourth-order valence-electron chi connectivity index (χ4n) is 2.95. The van der Waals surface area contributed by atoms with E-state index in [0.717, 1.165) is 5.56 Å². The monoisotopic (exact) mass is 420 g/mol. The highest BCUT2D eigenvalue weighted by Crippen LogP contribution is 2.36. The molecule has 4 rings (SSSR count). The van der Waals surface area contributed by atoms with Gasteiger partial charge in [-0.05, 0) is 29.8 Å². The number of carbonyl (C=O) groups excluding carboxylic acids is 1. The maximum absolute atomic E-state index is 13.2. The molecule has 152 valence electrons. The number of methoxy groups -OCH3 is 1. The van der Waals surface area contributed by atoms with Crippen molar-refractivity contribution in [3.8, 4) is 17.3 Å². The number of thioether (sulfide) groups is 1. The third-order valence-electron chi connectivity index (χ3n) is 4.48. The Bertz CT molecular complexity index is 1130. The number of carbonyl (C=O) groups is 1. The molecule has 1 amide bonds. The molecule has 1 atom stereocenters. The van der Waals surface area contributed by atoms with E-state index in [1.165, 1.54) is 11.8 Å². The third kappa shape index (κ3) is 4.23. The molecular formula is C22H20N4O3S. The van der Waals surface area contributed by atoms with Crippen LogP contribution in [0.2, 0.25) is 0 Å². The van der Waals surface area contributed by atoms with Gasteiger partial charge in [0.05, 0.1) is 13.4 Å². The molecule has 0 fully saturated rings. The summed E-state index contributed by atoms with van der Waals surface area (Å²) in [6.07, 6.45) is 1.59. The van der Waals surface area contributed by atoms with Crippen molar-refractivity contribution >= 4 is 23.4 Å². The number of aromatic nitrogens is 3. The van der Waals surface area contributed by atoms with Gasteiger partial charge >= 0.3 is 0 Å². The highest BCUT2D eigenvalue weighted by atomic mass is 32.2. The van der Waals surface area contributed by atoms with Crippen LogP contribution in [0.15, 0.2) is 82.6 Å². The van der Waals surface area contributed by atoms with Gasteiger partial charge in [0.25, 0.3) is 0 Å². The Labute approximate surface area is 178 Å². The summed E-state index contributed by atoms with van der Waals surface area (Å²) in [4.78, 5) is 13.2. The molecule has 2 aromatic carbocycles. The van der Waals surface area contributed by atoms with E-state index in [-0.39, 0.29) is 5.91 Å². The second-order valence-corrected chi connectivity index (χ2v) is 7.54. The molecule has 0 bridgehead atoms. The Morgan fingerprint density at radius 1 is 1.10 bits per heavy atom. The molecule has 0 unspecified atom stereocenters. The zero-order chi connectivity index (χ0) is 20.9. The van der Waals surface area contributed by atoms with Crippen LogP contribution in [0.4, 0.5) is 5.69 Å². The first-order valence-corrected chi connectivity index (χ1v) is 10.1. The van der Waals surface area contributed by atoms with Crippen molar-refractivity contribution in [2.24, 2.45) is 7.05 Å². The van der Waals surface area contributed by atoms with Gasteiger partial charge in [-0.3, -0.25) is 4.79 Å². The fraction of sp³-hybridized carbons (Fsp3) is 0.136. The number of benzene rings is 2. The summed E-state index contributed by atoms with van der Waals surface area (Å²) in [5.74, 6) is 1.73. The lowest BCUT2D eigenvalue weighted by molar-refractivity contribution is -0.115. The van der Waals surface area contributed by atoms with E-state index in [1.54, 1.807) is 25.5 Å². The summed E-state index contributed by atoms with van der Waals surface area (Å²) < 4.78 is 12.5. The average molecular weight is 420 g/mol. The summed E-state index contributed by atoms with van der Waals surface area (Å²) in [7, 11) is 3.44. The molecule has 1 N–H and O–H groups in total. The molecule has 0 aliphatic carbocycles. The molecule has 8 heteroatoms. The first kappa shape index (κ1) is 19.8. The molecule has 7 nitrogen and oxygen atoms in total. The molecule has 0 aliphatic heterocycles. The maximum atomic E-state index is 13.2. The number of anilines is 1. The Kier molecular flexibility index (Phi) is 5.85. The smallest absolute Gasteiger partial charge is 0.242 e. The normalized spacial score (nSPS) is 11.8. The first-order valence-electron chi connectivity index (χ1n) is 9.25. The van der Waals surface area contributed by atoms with E-state index in [4.69, 9.17) is 9.15 Å². The lowest BCUT2D eigenvalue weighted by atomic mass is 10.1. The predicted octanol–water partition coefficient (Wildman–Crippen LogP) is 4.56. The minimum Gasteiger partial charge on any atom is -0.497 e. The minimum atomic E-state index is -0.523. The van der Waals surface area contributed by atoms with Crippen molar-refractivity contribution in [3.63, 3.8) is 0 Å². The molecule has 30 heavy (non-hydrogen) atoms. The molecule has 2 aromatic heterocycles. The predicted molar refractivity (Wildman–Crippen MR) is 115 cm³/mol. The van der Waals surface area contributed by atoms with Crippen LogP contribution in [0.25, 0.3) is 11.6 Å². The van der Waals surface area contributed by atoms with Crippen LogP contribution in [0.5, 0.6) is 5.75 Å². The van der Waals surface area contributed by atoms with E-state index >= 15 is 0 Å². The van der Waals surface area contributed by atoms with Crippen molar-refractivity contribution in [1.82, 2.24) is 14.8 Å². The number of furan rings is 1. The summed E-state index contributed by atoms with van der Waals surface area (Å²) >= 11 is 1.33. The van der Waals surface area contributed by atoms with E-state index in [9.17, 15) is 4.79 Å². The van der Waals surface area contributed by atoms with Gasteiger partial charge in [-0.15, -0.1) is 10.2 Å². The zero-order valence-electron chi connectivity index (χ0n) is 16.5. The van der Waals surface area contributed by atoms with Gasteiger partial charge in [-0.25, -0.2) is 0 Å². The maximum Gasteiger partial charge on any atom is 0.242 e. The van der Waals surface area contributed by atoms with Crippen LogP contribution in [0, 0.1) is 0 Å². The summed E-state index contributed by atoms with van der Waals surface area (Å²) in [5.41, 5.74) is 1.53. The van der Waals surface area contributed by atoms with Crippen molar-refractivity contribution < 1.29 is 13.9 Å².